The Kier molecular flexibility index (Phi) is 7.71. The molecule has 1 aromatic heterocycles. The maximum Gasteiger partial charge on any atom is 0.240 e. The molecule has 0 spiro atoms. The first-order chi connectivity index (χ1) is 17.9. The van der Waals surface area contributed by atoms with Crippen molar-refractivity contribution in [3.63, 3.8) is 0 Å². The molecule has 0 bridgehead atoms. The number of nitrogens with one attached hydrogen (secondary N) is 2. The van der Waals surface area contributed by atoms with Gasteiger partial charge in [0.05, 0.1) is 11.0 Å². The third kappa shape index (κ3) is 6.27. The molecule has 0 unspecified atom stereocenters. The molecule has 0 amide bonds. The van der Waals surface area contributed by atoms with E-state index < -0.39 is 10.0 Å². The summed E-state index contributed by atoms with van der Waals surface area (Å²) in [5.74, 6) is 1.24. The molecule has 3 N–H and O–H groups in total. The summed E-state index contributed by atoms with van der Waals surface area (Å²) in [5.41, 5.74) is 3.17. The number of H-pyrrole nitrogens is 1. The highest BCUT2D eigenvalue weighted by Gasteiger charge is 2.18. The summed E-state index contributed by atoms with van der Waals surface area (Å²) in [4.78, 5) is 5.65. The van der Waals surface area contributed by atoms with Crippen molar-refractivity contribution in [2.75, 3.05) is 24.5 Å². The summed E-state index contributed by atoms with van der Waals surface area (Å²) in [6, 6.07) is 19.9. The molecule has 0 atom stereocenters. The molecular weight excluding hydrogens is 510 g/mol. The summed E-state index contributed by atoms with van der Waals surface area (Å²) in [6.07, 6.45) is 4.62. The molecule has 0 saturated carbocycles. The Morgan fingerprint density at radius 1 is 1.03 bits per heavy atom. The molecule has 1 aliphatic rings. The summed E-state index contributed by atoms with van der Waals surface area (Å²) in [7, 11) is -3.63. The van der Waals surface area contributed by atoms with Gasteiger partial charge in [-0.15, -0.1) is 0 Å². The van der Waals surface area contributed by atoms with Gasteiger partial charge >= 0.3 is 0 Å². The summed E-state index contributed by atoms with van der Waals surface area (Å²) in [5, 5.41) is 11.5. The molecule has 4 aromatic rings. The number of aliphatic hydroxyl groups excluding tert-OH is 1. The van der Waals surface area contributed by atoms with Gasteiger partial charge in [0, 0.05) is 53.5 Å². The van der Waals surface area contributed by atoms with Crippen molar-refractivity contribution in [1.82, 2.24) is 9.71 Å². The number of rotatable bonds is 9. The smallest absolute Gasteiger partial charge is 0.240 e. The molecule has 2 heterocycles. The number of aromatic nitrogens is 1. The largest absolute Gasteiger partial charge is 0.457 e. The van der Waals surface area contributed by atoms with Crippen LogP contribution in [0.2, 0.25) is 5.02 Å². The van der Waals surface area contributed by atoms with Crippen LogP contribution in [0.1, 0.15) is 24.8 Å². The standard InChI is InChI=1S/C28H30ClN3O4S/c29-21-6-11-28-27(17-21)20(19-30-28)3-2-14-31-37(34,35)26-9-7-24(8-10-26)36-25-5-1-4-22(18-25)32-15-12-23(33)13-16-32/h1,4-11,17-19,23,30-31,33H,2-3,12-16H2. The van der Waals surface area contributed by atoms with E-state index in [1.54, 1.807) is 24.3 Å². The number of anilines is 1. The number of nitrogens with zero attached hydrogens (tertiary/aromatic N) is 1. The normalized spacial score (nSPS) is 14.8. The lowest BCUT2D eigenvalue weighted by Gasteiger charge is -2.31. The number of benzene rings is 3. The third-order valence-corrected chi connectivity index (χ3v) is 8.37. The molecule has 1 aliphatic heterocycles. The Labute approximate surface area is 222 Å². The van der Waals surface area contributed by atoms with Crippen LogP contribution in [-0.4, -0.2) is 44.2 Å². The molecular formula is C28H30ClN3O4S. The molecule has 37 heavy (non-hydrogen) atoms. The van der Waals surface area contributed by atoms with Gasteiger partial charge in [-0.2, -0.15) is 0 Å². The molecule has 5 rings (SSSR count). The number of piperidine rings is 1. The predicted octanol–water partition coefficient (Wildman–Crippen LogP) is 5.49. The van der Waals surface area contributed by atoms with Crippen LogP contribution in [0.4, 0.5) is 5.69 Å². The van der Waals surface area contributed by atoms with E-state index in [0.29, 0.717) is 29.5 Å². The van der Waals surface area contributed by atoms with E-state index in [-0.39, 0.29) is 11.0 Å². The number of aryl methyl sites for hydroxylation is 1. The van der Waals surface area contributed by atoms with Gasteiger partial charge in [0.15, 0.2) is 0 Å². The fourth-order valence-electron chi connectivity index (χ4n) is 4.62. The number of aromatic amines is 1. The molecule has 1 fully saturated rings. The molecule has 3 aromatic carbocycles. The summed E-state index contributed by atoms with van der Waals surface area (Å²) >= 11 is 6.11. The fourth-order valence-corrected chi connectivity index (χ4v) is 5.86. The molecule has 9 heteroatoms. The highest BCUT2D eigenvalue weighted by atomic mass is 35.5. The van der Waals surface area contributed by atoms with Gasteiger partial charge in [0.25, 0.3) is 0 Å². The van der Waals surface area contributed by atoms with Crippen LogP contribution in [0, 0.1) is 0 Å². The van der Waals surface area contributed by atoms with Crippen LogP contribution in [0.15, 0.2) is 77.8 Å². The SMILES string of the molecule is O=S(=O)(NCCCc1c[nH]c2ccc(Cl)cc12)c1ccc(Oc2cccc(N3CCC(O)CC3)c2)cc1. The predicted molar refractivity (Wildman–Crippen MR) is 147 cm³/mol. The van der Waals surface area contributed by atoms with Gasteiger partial charge in [-0.05, 0) is 85.8 Å². The van der Waals surface area contributed by atoms with Crippen molar-refractivity contribution < 1.29 is 18.3 Å². The second-order valence-corrected chi connectivity index (χ2v) is 11.5. The number of hydrogen-bond acceptors (Lipinski definition) is 5. The topological polar surface area (TPSA) is 94.7 Å². The average molecular weight is 540 g/mol. The average Bonchev–Trinajstić information content (AvgIpc) is 3.29. The van der Waals surface area contributed by atoms with E-state index in [2.05, 4.69) is 14.6 Å². The lowest BCUT2D eigenvalue weighted by atomic mass is 10.1. The van der Waals surface area contributed by atoms with Gasteiger partial charge in [-0.1, -0.05) is 17.7 Å². The van der Waals surface area contributed by atoms with E-state index in [9.17, 15) is 13.5 Å². The molecule has 0 radical (unpaired) electrons. The first-order valence-electron chi connectivity index (χ1n) is 12.4. The van der Waals surface area contributed by atoms with Gasteiger partial charge in [0.1, 0.15) is 11.5 Å². The fraction of sp³-hybridized carbons (Fsp3) is 0.286. The maximum absolute atomic E-state index is 12.8. The van der Waals surface area contributed by atoms with Gasteiger partial charge in [0.2, 0.25) is 10.0 Å². The Morgan fingerprint density at radius 3 is 2.59 bits per heavy atom. The Morgan fingerprint density at radius 2 is 1.81 bits per heavy atom. The molecule has 7 nitrogen and oxygen atoms in total. The van der Waals surface area contributed by atoms with Crippen molar-refractivity contribution in [2.24, 2.45) is 0 Å². The van der Waals surface area contributed by atoms with Crippen molar-refractivity contribution in [1.29, 1.82) is 0 Å². The van der Waals surface area contributed by atoms with E-state index in [4.69, 9.17) is 16.3 Å². The van der Waals surface area contributed by atoms with Crippen molar-refractivity contribution in [2.45, 2.75) is 36.7 Å². The van der Waals surface area contributed by atoms with Crippen molar-refractivity contribution >= 4 is 38.2 Å². The number of sulfonamides is 1. The third-order valence-electron chi connectivity index (χ3n) is 6.66. The van der Waals surface area contributed by atoms with Gasteiger partial charge < -0.3 is 19.7 Å². The zero-order chi connectivity index (χ0) is 25.8. The minimum absolute atomic E-state index is 0.194. The van der Waals surface area contributed by atoms with Crippen molar-refractivity contribution in [3.8, 4) is 11.5 Å². The first kappa shape index (κ1) is 25.6. The summed E-state index contributed by atoms with van der Waals surface area (Å²) in [6.45, 7) is 1.94. The quantitative estimate of drug-likeness (QED) is 0.245. The molecule has 1 saturated heterocycles. The number of halogens is 1. The second-order valence-electron chi connectivity index (χ2n) is 9.29. The Hall–Kier alpha value is -3.04. The minimum Gasteiger partial charge on any atom is -0.457 e. The number of hydrogen-bond donors (Lipinski definition) is 3. The molecule has 194 valence electrons. The Balaban J connectivity index is 1.15. The van der Waals surface area contributed by atoms with E-state index in [1.807, 2.05) is 48.7 Å². The van der Waals surface area contributed by atoms with Crippen LogP contribution in [0.5, 0.6) is 11.5 Å². The van der Waals surface area contributed by atoms with Gasteiger partial charge in [-0.25, -0.2) is 13.1 Å². The summed E-state index contributed by atoms with van der Waals surface area (Å²) < 4.78 is 34.2. The number of aliphatic hydroxyl groups is 1. The van der Waals surface area contributed by atoms with Crippen LogP contribution >= 0.6 is 11.6 Å². The Bertz CT molecular complexity index is 1460. The van der Waals surface area contributed by atoms with Crippen LogP contribution < -0.4 is 14.4 Å². The first-order valence-corrected chi connectivity index (χ1v) is 14.3. The van der Waals surface area contributed by atoms with E-state index in [0.717, 1.165) is 54.5 Å². The van der Waals surface area contributed by atoms with Crippen LogP contribution in [0.25, 0.3) is 10.9 Å². The zero-order valence-corrected chi connectivity index (χ0v) is 21.9. The van der Waals surface area contributed by atoms with Gasteiger partial charge in [-0.3, -0.25) is 0 Å². The molecule has 0 aliphatic carbocycles. The number of fused-ring (bicyclic) bond motifs is 1. The highest BCUT2D eigenvalue weighted by Crippen LogP contribution is 2.28. The monoisotopic (exact) mass is 539 g/mol. The van der Waals surface area contributed by atoms with E-state index >= 15 is 0 Å². The zero-order valence-electron chi connectivity index (χ0n) is 20.4. The highest BCUT2D eigenvalue weighted by molar-refractivity contribution is 7.89. The lowest BCUT2D eigenvalue weighted by molar-refractivity contribution is 0.145. The number of ether oxygens (including phenoxy) is 1. The van der Waals surface area contributed by atoms with Crippen LogP contribution in [-0.2, 0) is 16.4 Å². The second kappa shape index (κ2) is 11.1. The maximum atomic E-state index is 12.8. The van der Waals surface area contributed by atoms with E-state index in [1.165, 1.54) is 0 Å². The van der Waals surface area contributed by atoms with Crippen LogP contribution in [0.3, 0.4) is 0 Å². The minimum atomic E-state index is -3.63. The lowest BCUT2D eigenvalue weighted by Crippen LogP contribution is -2.35. The van der Waals surface area contributed by atoms with Crippen molar-refractivity contribution in [3.05, 3.63) is 83.5 Å².